The molecule has 3 atom stereocenters. The van der Waals surface area contributed by atoms with Crippen LogP contribution in [0.15, 0.2) is 0 Å². The van der Waals surface area contributed by atoms with Crippen LogP contribution in [0.2, 0.25) is 0 Å². The second-order valence-corrected chi connectivity index (χ2v) is 8.14. The van der Waals surface area contributed by atoms with Crippen LogP contribution in [-0.2, 0) is 4.74 Å². The molecule has 0 aromatic carbocycles. The van der Waals surface area contributed by atoms with Gasteiger partial charge in [-0.15, -0.1) is 0 Å². The molecule has 116 valence electrons. The fourth-order valence-electron chi connectivity index (χ4n) is 2.85. The Morgan fingerprint density at radius 3 is 2.65 bits per heavy atom. The molecule has 2 aliphatic rings. The van der Waals surface area contributed by atoms with Gasteiger partial charge in [0.05, 0.1) is 0 Å². The Balaban J connectivity index is 1.63. The smallest absolute Gasteiger partial charge is 0.407 e. The number of nitrogens with one attached hydrogen (secondary N) is 2. The molecular weight excluding hydrogens is 272 g/mol. The molecule has 0 spiro atoms. The standard InChI is InChI=1S/C15H28N2O2S/c1-15(2,3)19-14(18)17-13-5-4-12(8-13)16-9-11-6-7-20-10-11/h11-13,16H,4-10H2,1-3H3,(H,17,18). The maximum absolute atomic E-state index is 11.7. The van der Waals surface area contributed by atoms with Gasteiger partial charge in [-0.1, -0.05) is 0 Å². The van der Waals surface area contributed by atoms with E-state index in [1.807, 2.05) is 20.8 Å². The maximum atomic E-state index is 11.7. The van der Waals surface area contributed by atoms with Crippen molar-refractivity contribution in [3.8, 4) is 0 Å². The Labute approximate surface area is 126 Å². The van der Waals surface area contributed by atoms with E-state index < -0.39 is 5.60 Å². The highest BCUT2D eigenvalue weighted by molar-refractivity contribution is 7.99. The summed E-state index contributed by atoms with van der Waals surface area (Å²) >= 11 is 2.07. The molecule has 1 aliphatic carbocycles. The van der Waals surface area contributed by atoms with Crippen molar-refractivity contribution in [2.75, 3.05) is 18.1 Å². The molecule has 2 N–H and O–H groups in total. The highest BCUT2D eigenvalue weighted by Crippen LogP contribution is 2.24. The number of carbonyl (C=O) groups excluding carboxylic acids is 1. The number of alkyl carbamates (subject to hydrolysis) is 1. The van der Waals surface area contributed by atoms with Crippen molar-refractivity contribution in [1.29, 1.82) is 0 Å². The quantitative estimate of drug-likeness (QED) is 0.838. The Kier molecular flexibility index (Phi) is 5.61. The molecule has 0 aromatic heterocycles. The first-order valence-electron chi connectivity index (χ1n) is 7.73. The average molecular weight is 300 g/mol. The number of amides is 1. The summed E-state index contributed by atoms with van der Waals surface area (Å²) in [5, 5.41) is 6.66. The zero-order valence-electron chi connectivity index (χ0n) is 12.9. The van der Waals surface area contributed by atoms with Crippen LogP contribution in [-0.4, -0.2) is 41.8 Å². The van der Waals surface area contributed by atoms with Crippen molar-refractivity contribution in [1.82, 2.24) is 10.6 Å². The second-order valence-electron chi connectivity index (χ2n) is 6.99. The van der Waals surface area contributed by atoms with Crippen molar-refractivity contribution in [2.45, 2.75) is 64.1 Å². The van der Waals surface area contributed by atoms with Crippen LogP contribution < -0.4 is 10.6 Å². The molecule has 0 aromatic rings. The van der Waals surface area contributed by atoms with E-state index in [9.17, 15) is 4.79 Å². The monoisotopic (exact) mass is 300 g/mol. The van der Waals surface area contributed by atoms with Crippen LogP contribution in [0.25, 0.3) is 0 Å². The van der Waals surface area contributed by atoms with Crippen LogP contribution >= 0.6 is 11.8 Å². The minimum Gasteiger partial charge on any atom is -0.444 e. The molecule has 1 saturated heterocycles. The van der Waals surface area contributed by atoms with Gasteiger partial charge in [-0.3, -0.25) is 0 Å². The number of rotatable bonds is 4. The van der Waals surface area contributed by atoms with Gasteiger partial charge in [0.25, 0.3) is 0 Å². The van der Waals surface area contributed by atoms with Crippen molar-refractivity contribution in [2.24, 2.45) is 5.92 Å². The van der Waals surface area contributed by atoms with E-state index in [0.29, 0.717) is 6.04 Å². The number of hydrogen-bond donors (Lipinski definition) is 2. The van der Waals surface area contributed by atoms with Crippen LogP contribution in [0, 0.1) is 5.92 Å². The van der Waals surface area contributed by atoms with Crippen LogP contribution in [0.4, 0.5) is 4.79 Å². The molecule has 1 heterocycles. The van der Waals surface area contributed by atoms with E-state index in [1.165, 1.54) is 17.9 Å². The van der Waals surface area contributed by atoms with Gasteiger partial charge in [0.2, 0.25) is 0 Å². The first kappa shape index (κ1) is 16.0. The van der Waals surface area contributed by atoms with Gasteiger partial charge in [-0.05, 0) is 70.4 Å². The first-order chi connectivity index (χ1) is 9.42. The maximum Gasteiger partial charge on any atom is 0.407 e. The predicted octanol–water partition coefficient (Wildman–Crippen LogP) is 2.77. The lowest BCUT2D eigenvalue weighted by Crippen LogP contribution is -2.39. The van der Waals surface area contributed by atoms with Crippen LogP contribution in [0.3, 0.4) is 0 Å². The van der Waals surface area contributed by atoms with E-state index in [-0.39, 0.29) is 12.1 Å². The number of hydrogen-bond acceptors (Lipinski definition) is 4. The summed E-state index contributed by atoms with van der Waals surface area (Å²) in [6.07, 6.45) is 4.30. The van der Waals surface area contributed by atoms with Crippen molar-refractivity contribution in [3.05, 3.63) is 0 Å². The van der Waals surface area contributed by atoms with Gasteiger partial charge in [0, 0.05) is 12.1 Å². The molecule has 1 amide bonds. The molecule has 5 heteroatoms. The Hall–Kier alpha value is -0.420. The van der Waals surface area contributed by atoms with Gasteiger partial charge in [0.15, 0.2) is 0 Å². The lowest BCUT2D eigenvalue weighted by Gasteiger charge is -2.22. The Morgan fingerprint density at radius 2 is 2.00 bits per heavy atom. The van der Waals surface area contributed by atoms with Crippen LogP contribution in [0.5, 0.6) is 0 Å². The van der Waals surface area contributed by atoms with E-state index in [1.54, 1.807) is 0 Å². The van der Waals surface area contributed by atoms with Gasteiger partial charge in [-0.25, -0.2) is 4.79 Å². The summed E-state index contributed by atoms with van der Waals surface area (Å²) in [5.74, 6) is 3.47. The topological polar surface area (TPSA) is 50.4 Å². The van der Waals surface area contributed by atoms with E-state index >= 15 is 0 Å². The summed E-state index contributed by atoms with van der Waals surface area (Å²) in [4.78, 5) is 11.7. The predicted molar refractivity (Wildman–Crippen MR) is 84.2 cm³/mol. The minimum atomic E-state index is -0.416. The largest absolute Gasteiger partial charge is 0.444 e. The zero-order chi connectivity index (χ0) is 14.6. The third-order valence-electron chi connectivity index (χ3n) is 3.87. The molecular formula is C15H28N2O2S. The number of thioether (sulfide) groups is 1. The first-order valence-corrected chi connectivity index (χ1v) is 8.88. The zero-order valence-corrected chi connectivity index (χ0v) is 13.7. The van der Waals surface area contributed by atoms with Crippen molar-refractivity contribution in [3.63, 3.8) is 0 Å². The van der Waals surface area contributed by atoms with Gasteiger partial charge in [-0.2, -0.15) is 11.8 Å². The van der Waals surface area contributed by atoms with Gasteiger partial charge >= 0.3 is 6.09 Å². The fourth-order valence-corrected chi connectivity index (χ4v) is 4.13. The summed E-state index contributed by atoms with van der Waals surface area (Å²) < 4.78 is 5.30. The summed E-state index contributed by atoms with van der Waals surface area (Å²) in [6, 6.07) is 0.820. The summed E-state index contributed by atoms with van der Waals surface area (Å²) in [6.45, 7) is 6.82. The molecule has 20 heavy (non-hydrogen) atoms. The molecule has 2 rings (SSSR count). The average Bonchev–Trinajstić information content (AvgIpc) is 2.94. The third kappa shape index (κ3) is 5.52. The van der Waals surface area contributed by atoms with Crippen molar-refractivity contribution >= 4 is 17.9 Å². The SMILES string of the molecule is CC(C)(C)OC(=O)NC1CCC(NCC2CCSC2)C1. The molecule has 3 unspecified atom stereocenters. The minimum absolute atomic E-state index is 0.264. The Bertz CT molecular complexity index is 324. The van der Waals surface area contributed by atoms with E-state index in [0.717, 1.165) is 31.7 Å². The third-order valence-corrected chi connectivity index (χ3v) is 5.10. The Morgan fingerprint density at radius 1 is 1.25 bits per heavy atom. The molecule has 4 nitrogen and oxygen atoms in total. The fraction of sp³-hybridized carbons (Fsp3) is 0.933. The summed E-state index contributed by atoms with van der Waals surface area (Å²) in [7, 11) is 0. The lowest BCUT2D eigenvalue weighted by atomic mass is 10.1. The molecule has 2 fully saturated rings. The normalized spacial score (nSPS) is 30.4. The van der Waals surface area contributed by atoms with E-state index in [4.69, 9.17) is 4.74 Å². The van der Waals surface area contributed by atoms with Gasteiger partial charge < -0.3 is 15.4 Å². The van der Waals surface area contributed by atoms with E-state index in [2.05, 4.69) is 22.4 Å². The highest BCUT2D eigenvalue weighted by Gasteiger charge is 2.28. The second kappa shape index (κ2) is 7.03. The van der Waals surface area contributed by atoms with Crippen molar-refractivity contribution < 1.29 is 9.53 Å². The number of carbonyl (C=O) groups is 1. The molecule has 0 bridgehead atoms. The number of ether oxygens (including phenoxy) is 1. The van der Waals surface area contributed by atoms with Crippen LogP contribution in [0.1, 0.15) is 46.5 Å². The summed E-state index contributed by atoms with van der Waals surface area (Å²) in [5.41, 5.74) is -0.416. The molecule has 1 aliphatic heterocycles. The highest BCUT2D eigenvalue weighted by atomic mass is 32.2. The lowest BCUT2D eigenvalue weighted by molar-refractivity contribution is 0.0505. The van der Waals surface area contributed by atoms with Gasteiger partial charge in [0.1, 0.15) is 5.60 Å². The molecule has 0 radical (unpaired) electrons. The molecule has 1 saturated carbocycles.